The molecule has 3 atom stereocenters. The van der Waals surface area contributed by atoms with Crippen LogP contribution in [0.1, 0.15) is 52.9 Å². The molecule has 0 unspecified atom stereocenters. The fourth-order valence-electron chi connectivity index (χ4n) is 2.81. The van der Waals surface area contributed by atoms with E-state index < -0.39 is 0 Å². The summed E-state index contributed by atoms with van der Waals surface area (Å²) < 4.78 is 5.58. The summed E-state index contributed by atoms with van der Waals surface area (Å²) in [5.41, 5.74) is 0. The van der Waals surface area contributed by atoms with E-state index in [1.807, 2.05) is 0 Å². The van der Waals surface area contributed by atoms with Crippen LogP contribution in [0.25, 0.3) is 0 Å². The van der Waals surface area contributed by atoms with Gasteiger partial charge in [0.05, 0.1) is 6.10 Å². The molecule has 0 bridgehead atoms. The molecule has 104 valence electrons. The number of carbonyl (C=O) groups is 1. The summed E-state index contributed by atoms with van der Waals surface area (Å²) in [4.78, 5) is 14.4. The maximum absolute atomic E-state index is 12.3. The molecule has 0 aromatic carbocycles. The predicted molar refractivity (Wildman–Crippen MR) is 72.3 cm³/mol. The Morgan fingerprint density at radius 1 is 1.44 bits per heavy atom. The Hall–Kier alpha value is -0.570. The van der Waals surface area contributed by atoms with Gasteiger partial charge in [-0.25, -0.2) is 0 Å². The number of amides is 1. The number of rotatable bonds is 6. The fourth-order valence-corrected chi connectivity index (χ4v) is 2.81. The Balaban J connectivity index is 1.75. The van der Waals surface area contributed by atoms with Crippen molar-refractivity contribution in [1.82, 2.24) is 4.90 Å². The predicted octanol–water partition coefficient (Wildman–Crippen LogP) is 2.84. The highest BCUT2D eigenvalue weighted by atomic mass is 16.5. The van der Waals surface area contributed by atoms with Gasteiger partial charge < -0.3 is 9.64 Å². The summed E-state index contributed by atoms with van der Waals surface area (Å²) in [7, 11) is 0. The van der Waals surface area contributed by atoms with Gasteiger partial charge in [0.25, 0.3) is 0 Å². The third-order valence-corrected chi connectivity index (χ3v) is 4.36. The Bertz CT molecular complexity index is 284. The van der Waals surface area contributed by atoms with Gasteiger partial charge in [0.15, 0.2) is 0 Å². The number of carbonyl (C=O) groups excluding carboxylic acids is 1. The molecule has 1 saturated carbocycles. The van der Waals surface area contributed by atoms with Crippen LogP contribution in [0.15, 0.2) is 0 Å². The molecule has 3 nitrogen and oxygen atoms in total. The monoisotopic (exact) mass is 253 g/mol. The first-order valence-corrected chi connectivity index (χ1v) is 7.49. The molecule has 18 heavy (non-hydrogen) atoms. The van der Waals surface area contributed by atoms with E-state index >= 15 is 0 Å². The molecule has 2 rings (SSSR count). The molecular weight excluding hydrogens is 226 g/mol. The van der Waals surface area contributed by atoms with Crippen LogP contribution in [0.2, 0.25) is 0 Å². The van der Waals surface area contributed by atoms with Gasteiger partial charge in [0.1, 0.15) is 0 Å². The molecule has 0 spiro atoms. The molecular formula is C15H27NO2. The van der Waals surface area contributed by atoms with E-state index in [0.717, 1.165) is 44.2 Å². The lowest BCUT2D eigenvalue weighted by molar-refractivity contribution is -0.133. The second kappa shape index (κ2) is 6.05. The van der Waals surface area contributed by atoms with E-state index in [2.05, 4.69) is 25.7 Å². The average Bonchev–Trinajstić information content (AvgIpc) is 2.81. The molecule has 1 aliphatic heterocycles. The summed E-state index contributed by atoms with van der Waals surface area (Å²) in [5, 5.41) is 0. The smallest absolute Gasteiger partial charge is 0.222 e. The second-order valence-corrected chi connectivity index (χ2v) is 6.29. The van der Waals surface area contributed by atoms with Crippen molar-refractivity contribution in [3.8, 4) is 0 Å². The van der Waals surface area contributed by atoms with Gasteiger partial charge in [0.2, 0.25) is 5.91 Å². The maximum atomic E-state index is 12.3. The molecule has 2 fully saturated rings. The zero-order valence-corrected chi connectivity index (χ0v) is 12.0. The van der Waals surface area contributed by atoms with Crippen LogP contribution < -0.4 is 0 Å². The number of hydrogen-bond acceptors (Lipinski definition) is 2. The molecule has 0 N–H and O–H groups in total. The molecule has 0 aromatic rings. The average molecular weight is 253 g/mol. The van der Waals surface area contributed by atoms with E-state index in [4.69, 9.17) is 4.74 Å². The van der Waals surface area contributed by atoms with E-state index in [0.29, 0.717) is 24.5 Å². The molecule has 0 radical (unpaired) electrons. The SMILES string of the molecule is CC(C)N(C[C@H]1C[C@H]1C)C(=O)CC[C@@H]1CCCO1. The molecule has 2 aliphatic rings. The summed E-state index contributed by atoms with van der Waals surface area (Å²) in [5.74, 6) is 1.89. The van der Waals surface area contributed by atoms with E-state index in [1.54, 1.807) is 0 Å². The minimum absolute atomic E-state index is 0.319. The van der Waals surface area contributed by atoms with Crippen molar-refractivity contribution in [3.63, 3.8) is 0 Å². The lowest BCUT2D eigenvalue weighted by Crippen LogP contribution is -2.39. The molecule has 0 aromatic heterocycles. The third-order valence-electron chi connectivity index (χ3n) is 4.36. The summed E-state index contributed by atoms with van der Waals surface area (Å²) in [6.45, 7) is 8.36. The van der Waals surface area contributed by atoms with Gasteiger partial charge in [-0.05, 0) is 51.4 Å². The largest absolute Gasteiger partial charge is 0.378 e. The van der Waals surface area contributed by atoms with Crippen LogP contribution in [0, 0.1) is 11.8 Å². The molecule has 3 heteroatoms. The zero-order valence-electron chi connectivity index (χ0n) is 12.0. The molecule has 1 heterocycles. The summed E-state index contributed by atoms with van der Waals surface area (Å²) >= 11 is 0. The lowest BCUT2D eigenvalue weighted by Gasteiger charge is -2.27. The Labute approximate surface area is 111 Å². The van der Waals surface area contributed by atoms with Crippen LogP contribution in [0.5, 0.6) is 0 Å². The minimum atomic E-state index is 0.319. The zero-order chi connectivity index (χ0) is 13.1. The standard InChI is InChI=1S/C15H27NO2/c1-11(2)16(10-13-9-12(13)3)15(17)7-6-14-5-4-8-18-14/h11-14H,4-10H2,1-3H3/t12-,13-,14+/m1/s1. The van der Waals surface area contributed by atoms with Crippen LogP contribution >= 0.6 is 0 Å². The molecule has 1 amide bonds. The van der Waals surface area contributed by atoms with Crippen LogP contribution in [0.4, 0.5) is 0 Å². The number of nitrogens with zero attached hydrogens (tertiary/aromatic N) is 1. The third kappa shape index (κ3) is 3.71. The van der Waals surface area contributed by atoms with Crippen molar-refractivity contribution in [3.05, 3.63) is 0 Å². The van der Waals surface area contributed by atoms with Gasteiger partial charge in [0, 0.05) is 25.6 Å². The highest BCUT2D eigenvalue weighted by molar-refractivity contribution is 5.76. The van der Waals surface area contributed by atoms with E-state index in [1.165, 1.54) is 6.42 Å². The van der Waals surface area contributed by atoms with Crippen molar-refractivity contribution >= 4 is 5.91 Å². The van der Waals surface area contributed by atoms with Crippen molar-refractivity contribution in [1.29, 1.82) is 0 Å². The normalized spacial score (nSPS) is 30.8. The van der Waals surface area contributed by atoms with Gasteiger partial charge in [-0.3, -0.25) is 4.79 Å². The summed E-state index contributed by atoms with van der Waals surface area (Å²) in [6.07, 6.45) is 5.48. The first-order valence-electron chi connectivity index (χ1n) is 7.49. The maximum Gasteiger partial charge on any atom is 0.222 e. The van der Waals surface area contributed by atoms with Gasteiger partial charge in [-0.15, -0.1) is 0 Å². The van der Waals surface area contributed by atoms with Gasteiger partial charge in [-0.1, -0.05) is 6.92 Å². The van der Waals surface area contributed by atoms with Gasteiger partial charge >= 0.3 is 0 Å². The minimum Gasteiger partial charge on any atom is -0.378 e. The first-order chi connectivity index (χ1) is 8.58. The topological polar surface area (TPSA) is 29.5 Å². The number of ether oxygens (including phenoxy) is 1. The Morgan fingerprint density at radius 2 is 2.17 bits per heavy atom. The van der Waals surface area contributed by atoms with Crippen molar-refractivity contribution in [2.45, 2.75) is 65.0 Å². The van der Waals surface area contributed by atoms with Crippen molar-refractivity contribution in [2.75, 3.05) is 13.2 Å². The fraction of sp³-hybridized carbons (Fsp3) is 0.933. The number of hydrogen-bond donors (Lipinski definition) is 0. The lowest BCUT2D eigenvalue weighted by atomic mass is 10.1. The molecule has 1 aliphatic carbocycles. The van der Waals surface area contributed by atoms with Crippen LogP contribution in [-0.4, -0.2) is 36.1 Å². The highest BCUT2D eigenvalue weighted by Gasteiger charge is 2.35. The van der Waals surface area contributed by atoms with Crippen molar-refractivity contribution in [2.24, 2.45) is 11.8 Å². The Kier molecular flexibility index (Phi) is 4.66. The highest BCUT2D eigenvalue weighted by Crippen LogP contribution is 2.38. The van der Waals surface area contributed by atoms with Gasteiger partial charge in [-0.2, -0.15) is 0 Å². The first kappa shape index (κ1) is 13.9. The van der Waals surface area contributed by atoms with Crippen LogP contribution in [-0.2, 0) is 9.53 Å². The van der Waals surface area contributed by atoms with E-state index in [-0.39, 0.29) is 0 Å². The quantitative estimate of drug-likeness (QED) is 0.728. The summed E-state index contributed by atoms with van der Waals surface area (Å²) in [6, 6.07) is 0.329. The Morgan fingerprint density at radius 3 is 2.67 bits per heavy atom. The van der Waals surface area contributed by atoms with Crippen molar-refractivity contribution < 1.29 is 9.53 Å². The molecule has 1 saturated heterocycles. The second-order valence-electron chi connectivity index (χ2n) is 6.29. The van der Waals surface area contributed by atoms with E-state index in [9.17, 15) is 4.79 Å². The van der Waals surface area contributed by atoms with Crippen LogP contribution in [0.3, 0.4) is 0 Å².